The zero-order valence-corrected chi connectivity index (χ0v) is 18.5. The maximum atomic E-state index is 12.8. The Morgan fingerprint density at radius 2 is 1.71 bits per heavy atom. The molecule has 6 nitrogen and oxygen atoms in total. The van der Waals surface area contributed by atoms with E-state index in [1.165, 1.54) is 12.8 Å². The average Bonchev–Trinajstić information content (AvgIpc) is 3.07. The second-order valence-corrected chi connectivity index (χ2v) is 8.05. The van der Waals surface area contributed by atoms with Gasteiger partial charge in [0, 0.05) is 36.1 Å². The molecule has 2 aromatic rings. The maximum absolute atomic E-state index is 12.8. The molecule has 31 heavy (non-hydrogen) atoms. The van der Waals surface area contributed by atoms with E-state index in [9.17, 15) is 9.59 Å². The van der Waals surface area contributed by atoms with E-state index in [4.69, 9.17) is 4.74 Å². The number of carbonyl (C=O) groups excluding carboxylic acids is 2. The van der Waals surface area contributed by atoms with Crippen LogP contribution in [-0.2, 0) is 4.79 Å². The number of benzene rings is 2. The highest BCUT2D eigenvalue weighted by Gasteiger charge is 2.17. The van der Waals surface area contributed by atoms with Crippen LogP contribution in [0.4, 0.5) is 11.4 Å². The van der Waals surface area contributed by atoms with Gasteiger partial charge >= 0.3 is 0 Å². The fourth-order valence-corrected chi connectivity index (χ4v) is 3.57. The van der Waals surface area contributed by atoms with Crippen LogP contribution in [0.1, 0.15) is 56.3 Å². The van der Waals surface area contributed by atoms with Crippen molar-refractivity contribution in [3.63, 3.8) is 0 Å². The molecule has 1 atom stereocenters. The first-order valence-corrected chi connectivity index (χ1v) is 11.2. The van der Waals surface area contributed by atoms with Crippen LogP contribution in [-0.4, -0.2) is 42.5 Å². The number of likely N-dealkylation sites (tertiary alicyclic amines) is 1. The van der Waals surface area contributed by atoms with Crippen molar-refractivity contribution in [1.82, 2.24) is 4.90 Å². The lowest BCUT2D eigenvalue weighted by Gasteiger charge is -2.20. The second-order valence-electron chi connectivity index (χ2n) is 8.05. The van der Waals surface area contributed by atoms with Gasteiger partial charge in [-0.2, -0.15) is 0 Å². The van der Waals surface area contributed by atoms with Crippen LogP contribution in [0.5, 0.6) is 5.75 Å². The van der Waals surface area contributed by atoms with Gasteiger partial charge in [0.05, 0.1) is 12.6 Å². The van der Waals surface area contributed by atoms with Gasteiger partial charge in [0.2, 0.25) is 5.91 Å². The average molecular weight is 424 g/mol. The highest BCUT2D eigenvalue weighted by Crippen LogP contribution is 2.20. The molecule has 1 aliphatic rings. The third kappa shape index (κ3) is 7.02. The molecule has 0 radical (unpaired) electrons. The topological polar surface area (TPSA) is 70.7 Å². The minimum absolute atomic E-state index is 0.0363. The lowest BCUT2D eigenvalue weighted by molar-refractivity contribution is -0.114. The van der Waals surface area contributed by atoms with E-state index in [1.807, 2.05) is 48.2 Å². The summed E-state index contributed by atoms with van der Waals surface area (Å²) in [5, 5.41) is 6.00. The van der Waals surface area contributed by atoms with Crippen molar-refractivity contribution < 1.29 is 14.3 Å². The van der Waals surface area contributed by atoms with Gasteiger partial charge in [-0.05, 0) is 56.5 Å². The highest BCUT2D eigenvalue weighted by molar-refractivity contribution is 5.98. The summed E-state index contributed by atoms with van der Waals surface area (Å²) in [5.41, 5.74) is 2.06. The van der Waals surface area contributed by atoms with Crippen molar-refractivity contribution in [2.75, 3.05) is 30.3 Å². The number of rotatable bonds is 8. The summed E-state index contributed by atoms with van der Waals surface area (Å²) in [7, 11) is 0. The summed E-state index contributed by atoms with van der Waals surface area (Å²) in [6, 6.07) is 14.8. The van der Waals surface area contributed by atoms with Crippen LogP contribution in [0.25, 0.3) is 0 Å². The van der Waals surface area contributed by atoms with Gasteiger partial charge in [0.25, 0.3) is 5.91 Å². The first kappa shape index (κ1) is 22.7. The molecule has 1 unspecified atom stereocenters. The molecule has 2 aromatic carbocycles. The fraction of sp³-hybridized carbons (Fsp3) is 0.440. The first-order chi connectivity index (χ1) is 15.0. The Morgan fingerprint density at radius 3 is 2.45 bits per heavy atom. The van der Waals surface area contributed by atoms with Gasteiger partial charge < -0.3 is 20.3 Å². The van der Waals surface area contributed by atoms with Crippen molar-refractivity contribution >= 4 is 23.2 Å². The zero-order valence-electron chi connectivity index (χ0n) is 18.5. The molecule has 0 saturated carbocycles. The van der Waals surface area contributed by atoms with Gasteiger partial charge in [-0.1, -0.05) is 31.9 Å². The van der Waals surface area contributed by atoms with Crippen molar-refractivity contribution in [2.24, 2.45) is 0 Å². The van der Waals surface area contributed by atoms with E-state index in [-0.39, 0.29) is 24.5 Å². The summed E-state index contributed by atoms with van der Waals surface area (Å²) in [4.78, 5) is 27.2. The van der Waals surface area contributed by atoms with Crippen molar-refractivity contribution in [3.05, 3.63) is 54.1 Å². The van der Waals surface area contributed by atoms with Gasteiger partial charge in [0.15, 0.2) is 0 Å². The Hall–Kier alpha value is -3.02. The molecule has 0 aliphatic carbocycles. The lowest BCUT2D eigenvalue weighted by atomic mass is 10.1. The number of nitrogens with zero attached hydrogens (tertiary/aromatic N) is 1. The Labute approximate surface area is 185 Å². The van der Waals surface area contributed by atoms with Crippen molar-refractivity contribution in [2.45, 2.75) is 52.1 Å². The molecule has 0 bridgehead atoms. The number of anilines is 2. The molecule has 2 amide bonds. The van der Waals surface area contributed by atoms with E-state index in [1.54, 1.807) is 12.1 Å². The molecular weight excluding hydrogens is 390 g/mol. The normalized spacial score (nSPS) is 15.0. The molecule has 0 spiro atoms. The number of hydrogen-bond donors (Lipinski definition) is 2. The zero-order chi connectivity index (χ0) is 22.1. The molecule has 1 aliphatic heterocycles. The third-order valence-corrected chi connectivity index (χ3v) is 5.49. The largest absolute Gasteiger partial charge is 0.491 e. The Morgan fingerprint density at radius 1 is 1.00 bits per heavy atom. The van der Waals surface area contributed by atoms with E-state index in [2.05, 4.69) is 17.6 Å². The molecule has 1 heterocycles. The van der Waals surface area contributed by atoms with Crippen LogP contribution in [0.2, 0.25) is 0 Å². The maximum Gasteiger partial charge on any atom is 0.253 e. The molecule has 1 fully saturated rings. The summed E-state index contributed by atoms with van der Waals surface area (Å²) in [5.74, 6) is 0.640. The summed E-state index contributed by atoms with van der Waals surface area (Å²) in [6.45, 7) is 5.84. The van der Waals surface area contributed by atoms with E-state index in [0.29, 0.717) is 11.3 Å². The molecule has 166 valence electrons. The Kier molecular flexibility index (Phi) is 8.33. The molecule has 2 N–H and O–H groups in total. The molecule has 0 aromatic heterocycles. The van der Waals surface area contributed by atoms with Gasteiger partial charge in [-0.15, -0.1) is 0 Å². The third-order valence-electron chi connectivity index (χ3n) is 5.49. The highest BCUT2D eigenvalue weighted by atomic mass is 16.5. The predicted octanol–water partition coefficient (Wildman–Crippen LogP) is 4.93. The number of amides is 2. The minimum atomic E-state index is -0.174. The number of carbonyl (C=O) groups is 2. The summed E-state index contributed by atoms with van der Waals surface area (Å²) in [6.07, 6.45) is 5.54. The summed E-state index contributed by atoms with van der Waals surface area (Å²) >= 11 is 0. The van der Waals surface area contributed by atoms with Crippen LogP contribution < -0.4 is 15.4 Å². The Balaban J connectivity index is 1.54. The molecule has 3 rings (SSSR count). The van der Waals surface area contributed by atoms with Crippen LogP contribution >= 0.6 is 0 Å². The van der Waals surface area contributed by atoms with Crippen molar-refractivity contribution in [3.8, 4) is 5.75 Å². The van der Waals surface area contributed by atoms with E-state index < -0.39 is 0 Å². The smallest absolute Gasteiger partial charge is 0.253 e. The first-order valence-electron chi connectivity index (χ1n) is 11.2. The number of ether oxygens (including phenoxy) is 1. The van der Waals surface area contributed by atoms with Crippen LogP contribution in [0.15, 0.2) is 48.5 Å². The second kappa shape index (κ2) is 11.4. The van der Waals surface area contributed by atoms with Gasteiger partial charge in [-0.3, -0.25) is 9.59 Å². The summed E-state index contributed by atoms with van der Waals surface area (Å²) < 4.78 is 5.82. The van der Waals surface area contributed by atoms with Gasteiger partial charge in [0.1, 0.15) is 5.75 Å². The van der Waals surface area contributed by atoms with Crippen molar-refractivity contribution in [1.29, 1.82) is 0 Å². The Bertz CT molecular complexity index is 876. The number of hydrogen-bond acceptors (Lipinski definition) is 4. The lowest BCUT2D eigenvalue weighted by Crippen LogP contribution is -2.31. The SMILES string of the molecule is CCC(C)Oc1cccc(NCC(=O)Nc2cccc(C(=O)N3CCCCCC3)c2)c1. The van der Waals surface area contributed by atoms with Crippen LogP contribution in [0.3, 0.4) is 0 Å². The monoisotopic (exact) mass is 423 g/mol. The molecule has 1 saturated heterocycles. The van der Waals surface area contributed by atoms with E-state index in [0.717, 1.165) is 43.8 Å². The minimum Gasteiger partial charge on any atom is -0.491 e. The van der Waals surface area contributed by atoms with Gasteiger partial charge in [-0.25, -0.2) is 0 Å². The quantitative estimate of drug-likeness (QED) is 0.632. The fourth-order valence-electron chi connectivity index (χ4n) is 3.57. The molecular formula is C25H33N3O3. The van der Waals surface area contributed by atoms with Crippen LogP contribution in [0, 0.1) is 0 Å². The number of nitrogens with one attached hydrogen (secondary N) is 2. The van der Waals surface area contributed by atoms with E-state index >= 15 is 0 Å². The predicted molar refractivity (Wildman–Crippen MR) is 125 cm³/mol. The standard InChI is InChI=1S/C25H33N3O3/c1-3-19(2)31-23-13-9-11-21(17-23)26-18-24(29)27-22-12-8-10-20(16-22)25(30)28-14-6-4-5-7-15-28/h8-13,16-17,19,26H,3-7,14-15,18H2,1-2H3,(H,27,29). The molecule has 6 heteroatoms.